The van der Waals surface area contributed by atoms with Gasteiger partial charge in [-0.15, -0.1) is 0 Å². The Labute approximate surface area is 108 Å². The predicted molar refractivity (Wildman–Crippen MR) is 68.1 cm³/mol. The molecule has 3 N–H and O–H groups in total. The number of rotatable bonds is 4. The molecule has 0 spiro atoms. The topological polar surface area (TPSA) is 100 Å². The second kappa shape index (κ2) is 3.92. The molecule has 1 aliphatic carbocycles. The van der Waals surface area contributed by atoms with Crippen LogP contribution in [0.2, 0.25) is 0 Å². The standard InChI is InChI=1S/C12H14N4O3/c1-16-10-7(5-14-16)9(8(4-13-10)11(18)19)15-12(6-17)2-3-12/h4-5,17H,2-3,6H2,1H3,(H,13,15)(H,18,19). The van der Waals surface area contributed by atoms with E-state index in [9.17, 15) is 15.0 Å². The number of hydrogen-bond acceptors (Lipinski definition) is 5. The van der Waals surface area contributed by atoms with Crippen LogP contribution in [-0.2, 0) is 7.05 Å². The Hall–Kier alpha value is -2.15. The van der Waals surface area contributed by atoms with Gasteiger partial charge in [-0.3, -0.25) is 4.68 Å². The second-order valence-electron chi connectivity index (χ2n) is 4.92. The van der Waals surface area contributed by atoms with Gasteiger partial charge in [-0.25, -0.2) is 9.78 Å². The van der Waals surface area contributed by atoms with Crippen molar-refractivity contribution >= 4 is 22.7 Å². The first-order valence-corrected chi connectivity index (χ1v) is 5.99. The highest BCUT2D eigenvalue weighted by Gasteiger charge is 2.43. The molecule has 1 fully saturated rings. The number of nitrogens with one attached hydrogen (secondary N) is 1. The van der Waals surface area contributed by atoms with E-state index in [1.54, 1.807) is 17.9 Å². The van der Waals surface area contributed by atoms with E-state index in [1.807, 2.05) is 0 Å². The highest BCUT2D eigenvalue weighted by Crippen LogP contribution is 2.40. The Morgan fingerprint density at radius 2 is 2.26 bits per heavy atom. The van der Waals surface area contributed by atoms with E-state index < -0.39 is 11.5 Å². The van der Waals surface area contributed by atoms with E-state index in [2.05, 4.69) is 15.4 Å². The Kier molecular flexibility index (Phi) is 2.46. The molecule has 3 rings (SSSR count). The molecule has 0 aliphatic heterocycles. The van der Waals surface area contributed by atoms with Crippen molar-refractivity contribution in [2.24, 2.45) is 7.05 Å². The summed E-state index contributed by atoms with van der Waals surface area (Å²) in [6.45, 7) is -0.0177. The van der Waals surface area contributed by atoms with Crippen LogP contribution in [0.3, 0.4) is 0 Å². The van der Waals surface area contributed by atoms with Crippen molar-refractivity contribution in [2.75, 3.05) is 11.9 Å². The summed E-state index contributed by atoms with van der Waals surface area (Å²) in [6.07, 6.45) is 4.56. The number of carboxylic acid groups (broad SMARTS) is 1. The summed E-state index contributed by atoms with van der Waals surface area (Å²) < 4.78 is 1.59. The summed E-state index contributed by atoms with van der Waals surface area (Å²) in [6, 6.07) is 0. The number of aromatic nitrogens is 3. The molecule has 100 valence electrons. The number of carbonyl (C=O) groups is 1. The van der Waals surface area contributed by atoms with Gasteiger partial charge in [0.2, 0.25) is 0 Å². The quantitative estimate of drug-likeness (QED) is 0.746. The monoisotopic (exact) mass is 262 g/mol. The number of nitrogens with zero attached hydrogens (tertiary/aromatic N) is 3. The Morgan fingerprint density at radius 1 is 1.53 bits per heavy atom. The third kappa shape index (κ3) is 1.82. The predicted octanol–water partition coefficient (Wildman–Crippen LogP) is 0.603. The first-order chi connectivity index (χ1) is 9.06. The maximum absolute atomic E-state index is 11.3. The van der Waals surface area contributed by atoms with E-state index >= 15 is 0 Å². The molecule has 0 atom stereocenters. The van der Waals surface area contributed by atoms with E-state index in [0.717, 1.165) is 12.8 Å². The number of hydrogen-bond donors (Lipinski definition) is 3. The molecule has 0 aromatic carbocycles. The lowest BCUT2D eigenvalue weighted by Gasteiger charge is -2.18. The van der Waals surface area contributed by atoms with Crippen LogP contribution in [-0.4, -0.2) is 43.1 Å². The fraction of sp³-hybridized carbons (Fsp3) is 0.417. The molecule has 0 bridgehead atoms. The van der Waals surface area contributed by atoms with Crippen LogP contribution in [0, 0.1) is 0 Å². The summed E-state index contributed by atoms with van der Waals surface area (Å²) in [5.41, 5.74) is 0.799. The van der Waals surface area contributed by atoms with E-state index in [0.29, 0.717) is 16.7 Å². The van der Waals surface area contributed by atoms with Crippen molar-refractivity contribution in [1.29, 1.82) is 0 Å². The van der Waals surface area contributed by atoms with Crippen molar-refractivity contribution in [2.45, 2.75) is 18.4 Å². The maximum Gasteiger partial charge on any atom is 0.339 e. The zero-order valence-corrected chi connectivity index (χ0v) is 10.4. The van der Waals surface area contributed by atoms with Gasteiger partial charge in [0.05, 0.1) is 29.4 Å². The van der Waals surface area contributed by atoms with Gasteiger partial charge in [0.25, 0.3) is 0 Å². The van der Waals surface area contributed by atoms with Crippen LogP contribution in [0.15, 0.2) is 12.4 Å². The number of aliphatic hydroxyl groups excluding tert-OH is 1. The summed E-state index contributed by atoms with van der Waals surface area (Å²) in [5.74, 6) is -1.05. The third-order valence-electron chi connectivity index (χ3n) is 3.54. The Morgan fingerprint density at radius 3 is 2.84 bits per heavy atom. The number of aryl methyl sites for hydroxylation is 1. The van der Waals surface area contributed by atoms with Crippen molar-refractivity contribution in [3.63, 3.8) is 0 Å². The fourth-order valence-corrected chi connectivity index (χ4v) is 2.13. The van der Waals surface area contributed by atoms with Gasteiger partial charge in [0.1, 0.15) is 5.56 Å². The minimum Gasteiger partial charge on any atom is -0.478 e. The van der Waals surface area contributed by atoms with Gasteiger partial charge >= 0.3 is 5.97 Å². The number of pyridine rings is 1. The van der Waals surface area contributed by atoms with Crippen LogP contribution in [0.5, 0.6) is 0 Å². The van der Waals surface area contributed by atoms with Crippen LogP contribution in [0.25, 0.3) is 11.0 Å². The SMILES string of the molecule is Cn1ncc2c(NC3(CO)CC3)c(C(=O)O)cnc21. The van der Waals surface area contributed by atoms with Crippen LogP contribution in [0.4, 0.5) is 5.69 Å². The van der Waals surface area contributed by atoms with E-state index in [-0.39, 0.29) is 12.2 Å². The summed E-state index contributed by atoms with van der Waals surface area (Å²) in [7, 11) is 1.75. The average Bonchev–Trinajstić information content (AvgIpc) is 3.07. The fourth-order valence-electron chi connectivity index (χ4n) is 2.13. The van der Waals surface area contributed by atoms with Gasteiger partial charge in [0.15, 0.2) is 5.65 Å². The number of fused-ring (bicyclic) bond motifs is 1. The maximum atomic E-state index is 11.3. The first-order valence-electron chi connectivity index (χ1n) is 5.99. The van der Waals surface area contributed by atoms with Gasteiger partial charge in [-0.1, -0.05) is 0 Å². The van der Waals surface area contributed by atoms with Crippen molar-refractivity contribution in [3.05, 3.63) is 18.0 Å². The lowest BCUT2D eigenvalue weighted by atomic mass is 10.1. The second-order valence-corrected chi connectivity index (χ2v) is 4.92. The van der Waals surface area contributed by atoms with Gasteiger partial charge in [0, 0.05) is 13.2 Å². The number of aliphatic hydroxyl groups is 1. The normalized spacial score (nSPS) is 16.5. The van der Waals surface area contributed by atoms with Gasteiger partial charge < -0.3 is 15.5 Å². The van der Waals surface area contributed by atoms with Crippen LogP contribution in [0.1, 0.15) is 23.2 Å². The lowest BCUT2D eigenvalue weighted by Crippen LogP contribution is -2.27. The molecule has 0 unspecified atom stereocenters. The molecule has 0 saturated heterocycles. The highest BCUT2D eigenvalue weighted by molar-refractivity contribution is 6.03. The molecule has 7 heteroatoms. The number of carboxylic acids is 1. The highest BCUT2D eigenvalue weighted by atomic mass is 16.4. The largest absolute Gasteiger partial charge is 0.478 e. The molecular formula is C12H14N4O3. The molecular weight excluding hydrogens is 248 g/mol. The number of aromatic carboxylic acids is 1. The molecule has 1 saturated carbocycles. The molecule has 1 aliphatic rings. The van der Waals surface area contributed by atoms with E-state index in [4.69, 9.17) is 0 Å². The summed E-state index contributed by atoms with van der Waals surface area (Å²) in [5, 5.41) is 26.5. The Bertz CT molecular complexity index is 660. The molecule has 2 aromatic heterocycles. The third-order valence-corrected chi connectivity index (χ3v) is 3.54. The lowest BCUT2D eigenvalue weighted by molar-refractivity contribution is 0.0697. The zero-order valence-electron chi connectivity index (χ0n) is 10.4. The van der Waals surface area contributed by atoms with Crippen molar-refractivity contribution < 1.29 is 15.0 Å². The zero-order chi connectivity index (χ0) is 13.6. The van der Waals surface area contributed by atoms with Gasteiger partial charge in [-0.05, 0) is 12.8 Å². The summed E-state index contributed by atoms with van der Waals surface area (Å²) >= 11 is 0. The van der Waals surface area contributed by atoms with Crippen LogP contribution >= 0.6 is 0 Å². The Balaban J connectivity index is 2.17. The van der Waals surface area contributed by atoms with E-state index in [1.165, 1.54) is 6.20 Å². The van der Waals surface area contributed by atoms with Crippen LogP contribution < -0.4 is 5.32 Å². The number of anilines is 1. The van der Waals surface area contributed by atoms with Crippen molar-refractivity contribution in [3.8, 4) is 0 Å². The first kappa shape index (κ1) is 11.9. The summed E-state index contributed by atoms with van der Waals surface area (Å²) in [4.78, 5) is 15.4. The van der Waals surface area contributed by atoms with Crippen molar-refractivity contribution in [1.82, 2.24) is 14.8 Å². The molecule has 2 aromatic rings. The smallest absolute Gasteiger partial charge is 0.339 e. The van der Waals surface area contributed by atoms with Gasteiger partial charge in [-0.2, -0.15) is 5.10 Å². The average molecular weight is 262 g/mol. The molecule has 0 amide bonds. The molecule has 0 radical (unpaired) electrons. The molecule has 19 heavy (non-hydrogen) atoms. The molecule has 2 heterocycles. The molecule has 7 nitrogen and oxygen atoms in total. The minimum absolute atomic E-state index is 0.0177. The minimum atomic E-state index is -1.05.